The molecule has 0 aliphatic carbocycles. The van der Waals surface area contributed by atoms with E-state index in [1.54, 1.807) is 37.4 Å². The van der Waals surface area contributed by atoms with Crippen LogP contribution in [0.4, 0.5) is 5.69 Å². The van der Waals surface area contributed by atoms with Gasteiger partial charge in [0.05, 0.1) is 16.1 Å². The number of carbonyl (C=O) groups excluding carboxylic acids is 1. The number of fused-ring (bicyclic) bond motifs is 2. The predicted molar refractivity (Wildman–Crippen MR) is 101 cm³/mol. The van der Waals surface area contributed by atoms with Crippen molar-refractivity contribution in [2.75, 3.05) is 5.32 Å². The van der Waals surface area contributed by atoms with Crippen molar-refractivity contribution in [2.45, 2.75) is 6.92 Å². The minimum atomic E-state index is -0.591. The van der Waals surface area contributed by atoms with Crippen LogP contribution in [0.15, 0.2) is 51.7 Å². The molecule has 1 amide bonds. The number of amides is 1. The zero-order valence-electron chi connectivity index (χ0n) is 14.0. The summed E-state index contributed by atoms with van der Waals surface area (Å²) in [5.41, 5.74) is 1.61. The lowest BCUT2D eigenvalue weighted by Gasteiger charge is -2.09. The molecule has 0 unspecified atom stereocenters. The molecule has 26 heavy (non-hydrogen) atoms. The van der Waals surface area contributed by atoms with Gasteiger partial charge < -0.3 is 14.3 Å². The topological polar surface area (TPSA) is 77.1 Å². The fourth-order valence-corrected chi connectivity index (χ4v) is 3.19. The minimum absolute atomic E-state index is 0.175. The number of halogens is 1. The maximum atomic E-state index is 12.6. The van der Waals surface area contributed by atoms with Crippen molar-refractivity contribution in [2.24, 2.45) is 7.05 Å². The molecule has 6 nitrogen and oxygen atoms in total. The van der Waals surface area contributed by atoms with Crippen LogP contribution in [0, 0.1) is 6.92 Å². The standard InChI is InChI=1S/C19H14ClN3O3/c1-10-7-11-8-12(9-13(20)17(11)26-10)21-18(24)16-19(25)23(2)15-6-4-3-5-14(15)22-16/h3-9H,1-2H3,(H,21,24). The number of rotatable bonds is 2. The minimum Gasteiger partial charge on any atom is -0.460 e. The molecular weight excluding hydrogens is 354 g/mol. The molecule has 0 atom stereocenters. The Morgan fingerprint density at radius 3 is 2.81 bits per heavy atom. The van der Waals surface area contributed by atoms with Crippen LogP contribution in [-0.4, -0.2) is 15.5 Å². The smallest absolute Gasteiger partial charge is 0.282 e. The molecule has 0 aliphatic heterocycles. The third kappa shape index (κ3) is 2.64. The summed E-state index contributed by atoms with van der Waals surface area (Å²) in [6, 6.07) is 12.3. The number of benzene rings is 2. The van der Waals surface area contributed by atoms with E-state index in [0.717, 1.165) is 11.1 Å². The van der Waals surface area contributed by atoms with E-state index in [-0.39, 0.29) is 5.69 Å². The molecule has 0 radical (unpaired) electrons. The van der Waals surface area contributed by atoms with Gasteiger partial charge in [-0.25, -0.2) is 4.98 Å². The molecule has 0 saturated heterocycles. The molecule has 130 valence electrons. The Balaban J connectivity index is 1.76. The summed E-state index contributed by atoms with van der Waals surface area (Å²) in [6.07, 6.45) is 0. The second-order valence-corrected chi connectivity index (χ2v) is 6.41. The van der Waals surface area contributed by atoms with Gasteiger partial charge in [0.2, 0.25) is 0 Å². The van der Waals surface area contributed by atoms with E-state index in [4.69, 9.17) is 16.0 Å². The lowest BCUT2D eigenvalue weighted by molar-refractivity contribution is 0.102. The maximum absolute atomic E-state index is 12.6. The normalized spacial score (nSPS) is 11.2. The Morgan fingerprint density at radius 2 is 2.00 bits per heavy atom. The van der Waals surface area contributed by atoms with Gasteiger partial charge in [-0.05, 0) is 37.3 Å². The summed E-state index contributed by atoms with van der Waals surface area (Å²) in [6.45, 7) is 1.82. The lowest BCUT2D eigenvalue weighted by atomic mass is 10.2. The number of aryl methyl sites for hydroxylation is 2. The van der Waals surface area contributed by atoms with Gasteiger partial charge in [-0.3, -0.25) is 9.59 Å². The number of nitrogens with one attached hydrogen (secondary N) is 1. The van der Waals surface area contributed by atoms with Crippen molar-refractivity contribution in [3.8, 4) is 0 Å². The number of anilines is 1. The molecular formula is C19H14ClN3O3. The molecule has 0 aliphatic rings. The van der Waals surface area contributed by atoms with Gasteiger partial charge in [0, 0.05) is 18.1 Å². The van der Waals surface area contributed by atoms with Crippen LogP contribution in [0.5, 0.6) is 0 Å². The van der Waals surface area contributed by atoms with Crippen LogP contribution >= 0.6 is 11.6 Å². The van der Waals surface area contributed by atoms with E-state index in [0.29, 0.717) is 27.3 Å². The Kier molecular flexibility index (Phi) is 3.77. The number of para-hydroxylation sites is 2. The summed E-state index contributed by atoms with van der Waals surface area (Å²) in [7, 11) is 1.61. The van der Waals surface area contributed by atoms with Gasteiger partial charge in [0.15, 0.2) is 11.3 Å². The summed E-state index contributed by atoms with van der Waals surface area (Å²) in [4.78, 5) is 29.3. The molecule has 0 bridgehead atoms. The first-order chi connectivity index (χ1) is 12.4. The molecule has 2 aromatic carbocycles. The average Bonchev–Trinajstić information content (AvgIpc) is 2.99. The largest absolute Gasteiger partial charge is 0.460 e. The van der Waals surface area contributed by atoms with Crippen molar-refractivity contribution in [1.82, 2.24) is 9.55 Å². The van der Waals surface area contributed by atoms with Crippen LogP contribution in [-0.2, 0) is 7.05 Å². The highest BCUT2D eigenvalue weighted by atomic mass is 35.5. The number of furan rings is 1. The van der Waals surface area contributed by atoms with E-state index in [2.05, 4.69) is 10.3 Å². The Hall–Kier alpha value is -3.12. The molecule has 7 heteroatoms. The predicted octanol–water partition coefficient (Wildman–Crippen LogP) is 3.89. The van der Waals surface area contributed by atoms with Crippen molar-refractivity contribution in [3.63, 3.8) is 0 Å². The van der Waals surface area contributed by atoms with Gasteiger partial charge in [0.1, 0.15) is 5.76 Å². The summed E-state index contributed by atoms with van der Waals surface area (Å²) >= 11 is 6.21. The first kappa shape index (κ1) is 16.4. The highest BCUT2D eigenvalue weighted by Crippen LogP contribution is 2.30. The first-order valence-electron chi connectivity index (χ1n) is 7.91. The van der Waals surface area contributed by atoms with Crippen LogP contribution in [0.2, 0.25) is 5.02 Å². The fourth-order valence-electron chi connectivity index (χ4n) is 2.93. The SMILES string of the molecule is Cc1cc2cc(NC(=O)c3nc4ccccc4n(C)c3=O)cc(Cl)c2o1. The van der Waals surface area contributed by atoms with Crippen molar-refractivity contribution in [1.29, 1.82) is 0 Å². The number of hydrogen-bond acceptors (Lipinski definition) is 4. The molecule has 0 spiro atoms. The molecule has 4 rings (SSSR count). The van der Waals surface area contributed by atoms with E-state index in [1.165, 1.54) is 4.57 Å². The summed E-state index contributed by atoms with van der Waals surface area (Å²) in [5.74, 6) is 0.127. The summed E-state index contributed by atoms with van der Waals surface area (Å²) in [5, 5.41) is 3.84. The van der Waals surface area contributed by atoms with Gasteiger partial charge >= 0.3 is 0 Å². The number of nitrogens with zero attached hydrogens (tertiary/aromatic N) is 2. The highest BCUT2D eigenvalue weighted by molar-refractivity contribution is 6.35. The van der Waals surface area contributed by atoms with Crippen molar-refractivity contribution >= 4 is 45.2 Å². The van der Waals surface area contributed by atoms with Crippen molar-refractivity contribution in [3.05, 3.63) is 69.3 Å². The van der Waals surface area contributed by atoms with Crippen LogP contribution in [0.25, 0.3) is 22.0 Å². The zero-order valence-corrected chi connectivity index (χ0v) is 14.8. The first-order valence-corrected chi connectivity index (χ1v) is 8.28. The lowest BCUT2D eigenvalue weighted by Crippen LogP contribution is -2.29. The number of carbonyl (C=O) groups is 1. The second-order valence-electron chi connectivity index (χ2n) is 6.00. The quantitative estimate of drug-likeness (QED) is 0.583. The Bertz CT molecular complexity index is 1240. The fraction of sp³-hybridized carbons (Fsp3) is 0.105. The zero-order chi connectivity index (χ0) is 18.4. The summed E-state index contributed by atoms with van der Waals surface area (Å²) < 4.78 is 6.93. The number of hydrogen-bond donors (Lipinski definition) is 1. The van der Waals surface area contributed by atoms with Gasteiger partial charge in [-0.2, -0.15) is 0 Å². The van der Waals surface area contributed by atoms with E-state index < -0.39 is 11.5 Å². The van der Waals surface area contributed by atoms with Gasteiger partial charge in [0.25, 0.3) is 11.5 Å². The average molecular weight is 368 g/mol. The van der Waals surface area contributed by atoms with Crippen LogP contribution in [0.1, 0.15) is 16.2 Å². The van der Waals surface area contributed by atoms with Gasteiger partial charge in [-0.1, -0.05) is 23.7 Å². The molecule has 1 N–H and O–H groups in total. The van der Waals surface area contributed by atoms with Crippen LogP contribution in [0.3, 0.4) is 0 Å². The van der Waals surface area contributed by atoms with E-state index in [9.17, 15) is 9.59 Å². The molecule has 2 aromatic heterocycles. The molecule has 4 aromatic rings. The third-order valence-electron chi connectivity index (χ3n) is 4.15. The van der Waals surface area contributed by atoms with E-state index in [1.807, 2.05) is 19.1 Å². The molecule has 0 fully saturated rings. The second kappa shape index (κ2) is 6.00. The Morgan fingerprint density at radius 1 is 1.23 bits per heavy atom. The van der Waals surface area contributed by atoms with Crippen molar-refractivity contribution < 1.29 is 9.21 Å². The van der Waals surface area contributed by atoms with E-state index >= 15 is 0 Å². The number of aromatic nitrogens is 2. The molecule has 0 saturated carbocycles. The van der Waals surface area contributed by atoms with Crippen LogP contribution < -0.4 is 10.9 Å². The Labute approximate surface area is 153 Å². The third-order valence-corrected chi connectivity index (χ3v) is 4.43. The van der Waals surface area contributed by atoms with Gasteiger partial charge in [-0.15, -0.1) is 0 Å². The highest BCUT2D eigenvalue weighted by Gasteiger charge is 2.17. The monoisotopic (exact) mass is 367 g/mol. The maximum Gasteiger partial charge on any atom is 0.282 e. The molecule has 2 heterocycles.